The second-order valence-corrected chi connectivity index (χ2v) is 9.88. The van der Waals surface area contributed by atoms with E-state index in [1.54, 1.807) is 48.5 Å². The fourth-order valence-corrected chi connectivity index (χ4v) is 5.16. The Morgan fingerprint density at radius 1 is 0.432 bits per heavy atom. The van der Waals surface area contributed by atoms with Gasteiger partial charge in [0, 0.05) is 6.07 Å². The quantitative estimate of drug-likeness (QED) is 0.196. The molecule has 8 nitrogen and oxygen atoms in total. The second kappa shape index (κ2) is 10.3. The van der Waals surface area contributed by atoms with Crippen LogP contribution < -0.4 is 19.3 Å². The highest BCUT2D eigenvalue weighted by atomic mass is 19.1. The number of ether oxygens (including phenoxy) is 2. The number of halogens is 2. The van der Waals surface area contributed by atoms with Crippen LogP contribution in [0.25, 0.3) is 0 Å². The Bertz CT molecular complexity index is 1880. The van der Waals surface area contributed by atoms with Crippen LogP contribution in [0.4, 0.5) is 20.2 Å². The van der Waals surface area contributed by atoms with Gasteiger partial charge in [-0.1, -0.05) is 18.2 Å². The summed E-state index contributed by atoms with van der Waals surface area (Å²) in [4.78, 5) is 52.8. The van der Waals surface area contributed by atoms with Crippen molar-refractivity contribution in [3.05, 3.63) is 143 Å². The number of rotatable bonds is 6. The Hall–Kier alpha value is -6.16. The first-order valence-electron chi connectivity index (χ1n) is 13.3. The van der Waals surface area contributed by atoms with Gasteiger partial charge in [-0.25, -0.2) is 18.6 Å². The average Bonchev–Trinajstić information content (AvgIpc) is 3.43. The van der Waals surface area contributed by atoms with Crippen molar-refractivity contribution in [1.29, 1.82) is 0 Å². The highest BCUT2D eigenvalue weighted by molar-refractivity contribution is 6.35. The molecule has 0 bridgehead atoms. The minimum Gasteiger partial charge on any atom is -0.457 e. The highest BCUT2D eigenvalue weighted by Gasteiger charge is 2.40. The van der Waals surface area contributed by atoms with Gasteiger partial charge >= 0.3 is 0 Å². The third-order valence-corrected chi connectivity index (χ3v) is 7.19. The maximum absolute atomic E-state index is 14.2. The van der Waals surface area contributed by atoms with Crippen LogP contribution in [0.2, 0.25) is 0 Å². The molecule has 2 aliphatic rings. The van der Waals surface area contributed by atoms with E-state index in [9.17, 15) is 28.0 Å². The SMILES string of the molecule is O=C1c2cccc(F)c2C(=O)N1c1ccc(Oc2cccc(Oc3ccc(N4C(=O)c5cccc(F)c5C4=O)cc3)c2)cc1. The molecule has 10 heteroatoms. The number of imide groups is 2. The van der Waals surface area contributed by atoms with E-state index in [1.807, 2.05) is 0 Å². The van der Waals surface area contributed by atoms with Crippen LogP contribution in [0.1, 0.15) is 41.4 Å². The maximum atomic E-state index is 14.2. The van der Waals surface area contributed by atoms with Crippen LogP contribution in [-0.4, -0.2) is 23.6 Å². The fourth-order valence-electron chi connectivity index (χ4n) is 5.16. The molecule has 214 valence electrons. The summed E-state index contributed by atoms with van der Waals surface area (Å²) in [6.07, 6.45) is 0. The van der Waals surface area contributed by atoms with Gasteiger partial charge in [0.05, 0.1) is 33.6 Å². The second-order valence-electron chi connectivity index (χ2n) is 9.88. The molecule has 2 heterocycles. The van der Waals surface area contributed by atoms with E-state index in [1.165, 1.54) is 48.5 Å². The van der Waals surface area contributed by atoms with E-state index < -0.39 is 35.3 Å². The van der Waals surface area contributed by atoms with Crippen LogP contribution in [0.15, 0.2) is 109 Å². The van der Waals surface area contributed by atoms with Gasteiger partial charge in [0.25, 0.3) is 23.6 Å². The van der Waals surface area contributed by atoms with Crippen molar-refractivity contribution in [2.75, 3.05) is 9.80 Å². The number of carbonyl (C=O) groups excluding carboxylic acids is 4. The smallest absolute Gasteiger partial charge is 0.269 e. The molecule has 0 N–H and O–H groups in total. The minimum atomic E-state index is -0.749. The van der Waals surface area contributed by atoms with Gasteiger partial charge in [0.2, 0.25) is 0 Å². The summed E-state index contributed by atoms with van der Waals surface area (Å²) in [6, 6.07) is 27.1. The Morgan fingerprint density at radius 3 is 1.20 bits per heavy atom. The van der Waals surface area contributed by atoms with Crippen molar-refractivity contribution in [2.24, 2.45) is 0 Å². The van der Waals surface area contributed by atoms with Gasteiger partial charge in [-0.05, 0) is 84.9 Å². The number of nitrogens with zero attached hydrogens (tertiary/aromatic N) is 2. The molecule has 7 rings (SSSR count). The normalized spacial score (nSPS) is 13.8. The van der Waals surface area contributed by atoms with Gasteiger partial charge < -0.3 is 9.47 Å². The molecule has 0 fully saturated rings. The van der Waals surface area contributed by atoms with Crippen molar-refractivity contribution < 1.29 is 37.4 Å². The molecular formula is C34H18F2N2O6. The molecule has 0 spiro atoms. The largest absolute Gasteiger partial charge is 0.457 e. The summed E-state index contributed by atoms with van der Waals surface area (Å²) < 4.78 is 40.2. The topological polar surface area (TPSA) is 93.2 Å². The lowest BCUT2D eigenvalue weighted by Crippen LogP contribution is -2.29. The zero-order chi connectivity index (χ0) is 30.5. The van der Waals surface area contributed by atoms with E-state index in [-0.39, 0.29) is 33.6 Å². The van der Waals surface area contributed by atoms with Crippen LogP contribution in [0.5, 0.6) is 23.0 Å². The molecule has 2 aliphatic heterocycles. The van der Waals surface area contributed by atoms with E-state index in [2.05, 4.69) is 0 Å². The number of anilines is 2. The molecule has 0 unspecified atom stereocenters. The predicted octanol–water partition coefficient (Wildman–Crippen LogP) is 7.15. The van der Waals surface area contributed by atoms with Gasteiger partial charge in [-0.15, -0.1) is 0 Å². The molecule has 4 amide bonds. The number of carbonyl (C=O) groups is 4. The summed E-state index contributed by atoms with van der Waals surface area (Å²) in [5.41, 5.74) is 0.0812. The Kier molecular flexibility index (Phi) is 6.24. The minimum absolute atomic E-state index is 0.0146. The number of amides is 4. The first-order valence-corrected chi connectivity index (χ1v) is 13.3. The number of hydrogen-bond donors (Lipinski definition) is 0. The van der Waals surface area contributed by atoms with E-state index >= 15 is 0 Å². The van der Waals surface area contributed by atoms with E-state index in [0.717, 1.165) is 21.9 Å². The summed E-state index contributed by atoms with van der Waals surface area (Å²) >= 11 is 0. The molecule has 5 aromatic rings. The number of fused-ring (bicyclic) bond motifs is 2. The summed E-state index contributed by atoms with van der Waals surface area (Å²) in [6.45, 7) is 0. The van der Waals surface area contributed by atoms with Crippen LogP contribution >= 0.6 is 0 Å². The molecule has 0 saturated carbocycles. The Balaban J connectivity index is 1.03. The molecule has 0 aromatic heterocycles. The summed E-state index contributed by atoms with van der Waals surface area (Å²) in [7, 11) is 0. The van der Waals surface area contributed by atoms with Crippen LogP contribution in [-0.2, 0) is 0 Å². The molecule has 0 atom stereocenters. The summed E-state index contributed by atoms with van der Waals surface area (Å²) in [5, 5.41) is 0. The van der Waals surface area contributed by atoms with Gasteiger partial charge in [0.15, 0.2) is 0 Å². The predicted molar refractivity (Wildman–Crippen MR) is 155 cm³/mol. The third kappa shape index (κ3) is 4.36. The lowest BCUT2D eigenvalue weighted by Gasteiger charge is -2.15. The zero-order valence-corrected chi connectivity index (χ0v) is 22.5. The molecule has 44 heavy (non-hydrogen) atoms. The Morgan fingerprint density at radius 2 is 0.818 bits per heavy atom. The third-order valence-electron chi connectivity index (χ3n) is 7.19. The lowest BCUT2D eigenvalue weighted by molar-refractivity contribution is 0.0909. The van der Waals surface area contributed by atoms with Crippen molar-refractivity contribution >= 4 is 35.0 Å². The monoisotopic (exact) mass is 588 g/mol. The molecule has 0 saturated heterocycles. The zero-order valence-electron chi connectivity index (χ0n) is 22.5. The van der Waals surface area contributed by atoms with E-state index in [0.29, 0.717) is 23.0 Å². The van der Waals surface area contributed by atoms with Crippen LogP contribution in [0.3, 0.4) is 0 Å². The molecule has 0 radical (unpaired) electrons. The van der Waals surface area contributed by atoms with Crippen molar-refractivity contribution in [1.82, 2.24) is 0 Å². The number of hydrogen-bond acceptors (Lipinski definition) is 6. The highest BCUT2D eigenvalue weighted by Crippen LogP contribution is 2.35. The van der Waals surface area contributed by atoms with Crippen molar-refractivity contribution in [3.8, 4) is 23.0 Å². The standard InChI is InChI=1S/C34H18F2N2O6/c35-27-8-2-6-25-29(27)33(41)37(31(25)39)19-10-14-21(15-11-19)43-23-4-1-5-24(18-23)44-22-16-12-20(13-17-22)38-32(40)26-7-3-9-28(36)30(26)34(38)42/h1-18H. The van der Waals surface area contributed by atoms with Gasteiger partial charge in [-0.3, -0.25) is 19.2 Å². The van der Waals surface area contributed by atoms with Crippen molar-refractivity contribution in [2.45, 2.75) is 0 Å². The molecular weight excluding hydrogens is 570 g/mol. The first kappa shape index (κ1) is 26.7. The van der Waals surface area contributed by atoms with Gasteiger partial charge in [0.1, 0.15) is 34.6 Å². The van der Waals surface area contributed by atoms with E-state index in [4.69, 9.17) is 9.47 Å². The van der Waals surface area contributed by atoms with Crippen molar-refractivity contribution in [3.63, 3.8) is 0 Å². The van der Waals surface area contributed by atoms with Gasteiger partial charge in [-0.2, -0.15) is 0 Å². The first-order chi connectivity index (χ1) is 21.3. The summed E-state index contributed by atoms with van der Waals surface area (Å²) in [5.74, 6) is -2.47. The Labute approximate surface area is 248 Å². The maximum Gasteiger partial charge on any atom is 0.269 e. The number of benzene rings is 5. The lowest BCUT2D eigenvalue weighted by atomic mass is 10.1. The van der Waals surface area contributed by atoms with Crippen LogP contribution in [0, 0.1) is 11.6 Å². The average molecular weight is 589 g/mol. The molecule has 5 aromatic carbocycles. The fraction of sp³-hybridized carbons (Fsp3) is 0. The molecule has 0 aliphatic carbocycles.